The Morgan fingerprint density at radius 3 is 2.86 bits per heavy atom. The smallest absolute Gasteiger partial charge is 0.414 e. The number of rotatable bonds is 7. The van der Waals surface area contributed by atoms with Crippen LogP contribution in [0.1, 0.15) is 39.0 Å². The van der Waals surface area contributed by atoms with E-state index in [9.17, 15) is 18.2 Å². The fourth-order valence-corrected chi connectivity index (χ4v) is 4.69. The first-order valence-electron chi connectivity index (χ1n) is 9.87. The zero-order valence-electron chi connectivity index (χ0n) is 16.2. The molecule has 0 aromatic heterocycles. The molecule has 0 saturated carbocycles. The fraction of sp³-hybridized carbons (Fsp3) is 0.600. The quantitative estimate of drug-likeness (QED) is 0.690. The number of benzene rings is 1. The number of hydrogen-bond acceptors (Lipinski definition) is 5. The molecule has 3 rings (SSSR count). The summed E-state index contributed by atoms with van der Waals surface area (Å²) in [6.07, 6.45) is 2.15. The van der Waals surface area contributed by atoms with Crippen LogP contribution in [-0.2, 0) is 20.3 Å². The van der Waals surface area contributed by atoms with Crippen LogP contribution in [0.5, 0.6) is 0 Å². The number of anilines is 2. The van der Waals surface area contributed by atoms with Crippen molar-refractivity contribution < 1.29 is 22.9 Å². The van der Waals surface area contributed by atoms with Crippen molar-refractivity contribution in [1.29, 1.82) is 0 Å². The number of ketones is 1. The van der Waals surface area contributed by atoms with E-state index in [4.69, 9.17) is 4.74 Å². The van der Waals surface area contributed by atoms with Gasteiger partial charge in [-0.1, -0.05) is 6.92 Å². The summed E-state index contributed by atoms with van der Waals surface area (Å²) in [4.78, 5) is 27.2. The molecule has 1 aromatic rings. The number of ether oxygens (including phenoxy) is 1. The van der Waals surface area contributed by atoms with Crippen molar-refractivity contribution in [3.63, 3.8) is 0 Å². The maximum Gasteiger partial charge on any atom is 0.414 e. The highest BCUT2D eigenvalue weighted by Crippen LogP contribution is 2.29. The standard InChI is InChI=1S/C20H27FN2O4S/c1-2-4-16(24)6-7-17-14-23(20(25)27-17)15-5-8-19(18(21)13-15)22-9-3-11-28(26)12-10-22/h5,8,13,17H,2-4,6-7,9-12,14H2,1H3/t17-,28?/m0/s1. The molecule has 2 heterocycles. The molecule has 154 valence electrons. The molecular weight excluding hydrogens is 383 g/mol. The fourth-order valence-electron chi connectivity index (χ4n) is 3.61. The summed E-state index contributed by atoms with van der Waals surface area (Å²) in [5.41, 5.74) is 0.920. The Hall–Kier alpha value is -1.96. The lowest BCUT2D eigenvalue weighted by atomic mass is 10.1. The predicted molar refractivity (Wildman–Crippen MR) is 108 cm³/mol. The normalized spacial score (nSPS) is 22.9. The Morgan fingerprint density at radius 2 is 2.11 bits per heavy atom. The molecule has 6 nitrogen and oxygen atoms in total. The molecule has 8 heteroatoms. The van der Waals surface area contributed by atoms with Gasteiger partial charge in [-0.25, -0.2) is 9.18 Å². The van der Waals surface area contributed by atoms with E-state index in [-0.39, 0.29) is 11.9 Å². The zero-order valence-corrected chi connectivity index (χ0v) is 17.0. The second kappa shape index (κ2) is 9.49. The van der Waals surface area contributed by atoms with Crippen molar-refractivity contribution in [2.24, 2.45) is 0 Å². The largest absolute Gasteiger partial charge is 0.444 e. The van der Waals surface area contributed by atoms with E-state index < -0.39 is 22.7 Å². The molecule has 0 spiro atoms. The number of amides is 1. The molecule has 1 aromatic carbocycles. The minimum Gasteiger partial charge on any atom is -0.444 e. The van der Waals surface area contributed by atoms with Crippen LogP contribution in [0.3, 0.4) is 0 Å². The van der Waals surface area contributed by atoms with Crippen LogP contribution in [0.4, 0.5) is 20.6 Å². The van der Waals surface area contributed by atoms with E-state index in [1.54, 1.807) is 12.1 Å². The van der Waals surface area contributed by atoms with Crippen molar-refractivity contribution in [3.8, 4) is 0 Å². The number of carbonyl (C=O) groups excluding carboxylic acids is 2. The highest BCUT2D eigenvalue weighted by molar-refractivity contribution is 7.85. The molecule has 2 atom stereocenters. The molecule has 28 heavy (non-hydrogen) atoms. The van der Waals surface area contributed by atoms with Crippen molar-refractivity contribution in [2.45, 2.75) is 45.1 Å². The Balaban J connectivity index is 1.64. The third-order valence-electron chi connectivity index (χ3n) is 5.12. The molecule has 1 unspecified atom stereocenters. The van der Waals surface area contributed by atoms with Crippen molar-refractivity contribution in [3.05, 3.63) is 24.0 Å². The molecular formula is C20H27FN2O4S. The molecule has 0 N–H and O–H groups in total. The third-order valence-corrected chi connectivity index (χ3v) is 6.50. The molecule has 0 aliphatic carbocycles. The number of carbonyl (C=O) groups is 2. The number of halogens is 1. The zero-order chi connectivity index (χ0) is 20.1. The molecule has 2 fully saturated rings. The van der Waals surface area contributed by atoms with Gasteiger partial charge < -0.3 is 9.64 Å². The van der Waals surface area contributed by atoms with Crippen LogP contribution in [-0.4, -0.2) is 53.3 Å². The highest BCUT2D eigenvalue weighted by Gasteiger charge is 2.33. The van der Waals surface area contributed by atoms with E-state index in [1.165, 1.54) is 11.0 Å². The lowest BCUT2D eigenvalue weighted by Gasteiger charge is -2.24. The van der Waals surface area contributed by atoms with Gasteiger partial charge in [0, 0.05) is 48.2 Å². The van der Waals surface area contributed by atoms with Gasteiger partial charge in [0.25, 0.3) is 0 Å². The van der Waals surface area contributed by atoms with E-state index in [0.29, 0.717) is 61.8 Å². The average molecular weight is 411 g/mol. The van der Waals surface area contributed by atoms with E-state index in [2.05, 4.69) is 0 Å². The molecule has 0 bridgehead atoms. The first-order chi connectivity index (χ1) is 13.5. The van der Waals surface area contributed by atoms with Crippen LogP contribution in [0, 0.1) is 5.82 Å². The molecule has 2 saturated heterocycles. The first-order valence-corrected chi connectivity index (χ1v) is 11.4. The summed E-state index contributed by atoms with van der Waals surface area (Å²) < 4.78 is 31.8. The van der Waals surface area contributed by atoms with Gasteiger partial charge in [-0.2, -0.15) is 0 Å². The van der Waals surface area contributed by atoms with Gasteiger partial charge >= 0.3 is 6.09 Å². The second-order valence-electron chi connectivity index (χ2n) is 7.27. The van der Waals surface area contributed by atoms with E-state index in [0.717, 1.165) is 12.8 Å². The first kappa shape index (κ1) is 20.8. The van der Waals surface area contributed by atoms with Gasteiger partial charge in [0.2, 0.25) is 0 Å². The van der Waals surface area contributed by atoms with Gasteiger partial charge in [-0.15, -0.1) is 0 Å². The SMILES string of the molecule is CCCC(=O)CC[C@H]1CN(c2ccc(N3CCCS(=O)CC3)c(F)c2)C(=O)O1. The highest BCUT2D eigenvalue weighted by atomic mass is 32.2. The lowest BCUT2D eigenvalue weighted by molar-refractivity contribution is -0.119. The van der Waals surface area contributed by atoms with Crippen LogP contribution in [0.15, 0.2) is 18.2 Å². The molecule has 1 amide bonds. The molecule has 2 aliphatic heterocycles. The van der Waals surface area contributed by atoms with Crippen molar-refractivity contribution >= 4 is 34.1 Å². The number of hydrogen-bond donors (Lipinski definition) is 0. The topological polar surface area (TPSA) is 66.9 Å². The summed E-state index contributed by atoms with van der Waals surface area (Å²) in [5.74, 6) is 0.959. The lowest BCUT2D eigenvalue weighted by Crippen LogP contribution is -2.28. The molecule has 2 aliphatic rings. The maximum absolute atomic E-state index is 14.7. The van der Waals surface area contributed by atoms with Gasteiger partial charge in [0.1, 0.15) is 17.7 Å². The Kier molecular flexibility index (Phi) is 7.04. The Labute approximate surface area is 167 Å². The number of Topliss-reactive ketones (excluding diaryl/α,β-unsaturated/α-hetero) is 1. The summed E-state index contributed by atoms with van der Waals surface area (Å²) in [7, 11) is -0.838. The van der Waals surface area contributed by atoms with Crippen molar-refractivity contribution in [2.75, 3.05) is 40.9 Å². The van der Waals surface area contributed by atoms with E-state index >= 15 is 0 Å². The minimum atomic E-state index is -0.838. The Morgan fingerprint density at radius 1 is 1.29 bits per heavy atom. The summed E-state index contributed by atoms with van der Waals surface area (Å²) in [5, 5.41) is 0. The minimum absolute atomic E-state index is 0.172. The van der Waals surface area contributed by atoms with Gasteiger partial charge in [-0.05, 0) is 37.5 Å². The van der Waals surface area contributed by atoms with Gasteiger partial charge in [0.15, 0.2) is 0 Å². The van der Waals surface area contributed by atoms with Crippen molar-refractivity contribution in [1.82, 2.24) is 0 Å². The summed E-state index contributed by atoms with van der Waals surface area (Å²) in [6, 6.07) is 4.74. The molecule has 0 radical (unpaired) electrons. The maximum atomic E-state index is 14.7. The predicted octanol–water partition coefficient (Wildman–Crippen LogP) is 3.26. The second-order valence-corrected chi connectivity index (χ2v) is 8.96. The summed E-state index contributed by atoms with van der Waals surface area (Å²) in [6.45, 7) is 3.50. The van der Waals surface area contributed by atoms with Crippen LogP contribution >= 0.6 is 0 Å². The van der Waals surface area contributed by atoms with Crippen LogP contribution < -0.4 is 9.80 Å². The number of nitrogens with zero attached hydrogens (tertiary/aromatic N) is 2. The van der Waals surface area contributed by atoms with Gasteiger partial charge in [0.05, 0.1) is 17.9 Å². The van der Waals surface area contributed by atoms with Crippen LogP contribution in [0.2, 0.25) is 0 Å². The number of cyclic esters (lactones) is 1. The van der Waals surface area contributed by atoms with Gasteiger partial charge in [-0.3, -0.25) is 13.9 Å². The third kappa shape index (κ3) is 5.10. The average Bonchev–Trinajstić information content (AvgIpc) is 2.90. The Bertz CT molecular complexity index is 758. The van der Waals surface area contributed by atoms with Crippen LogP contribution in [0.25, 0.3) is 0 Å². The van der Waals surface area contributed by atoms with E-state index in [1.807, 2.05) is 11.8 Å². The summed E-state index contributed by atoms with van der Waals surface area (Å²) >= 11 is 0. The monoisotopic (exact) mass is 410 g/mol.